The number of hydrogen-bond acceptors (Lipinski definition) is 5. The van der Waals surface area contributed by atoms with E-state index in [1.54, 1.807) is 0 Å². The van der Waals surface area contributed by atoms with Gasteiger partial charge in [-0.25, -0.2) is 0 Å². The molecule has 10 heavy (non-hydrogen) atoms. The normalized spacial score (nSPS) is 13.6. The number of carboxylic acids is 1. The molecule has 6 heteroatoms. The van der Waals surface area contributed by atoms with Gasteiger partial charge in [-0.1, -0.05) is 0 Å². The number of carbonyl (C=O) groups is 1. The number of carboxylic acid groups (broad SMARTS) is 1. The number of hydrogen-bond donors (Lipinski definition) is 5. The Morgan fingerprint density at radius 1 is 1.40 bits per heavy atom. The summed E-state index contributed by atoms with van der Waals surface area (Å²) in [6.45, 7) is -0.515. The Balaban J connectivity index is 3.39. The van der Waals surface area contributed by atoms with Crippen LogP contribution in [0.25, 0.3) is 0 Å². The van der Waals surface area contributed by atoms with E-state index in [9.17, 15) is 4.79 Å². The van der Waals surface area contributed by atoms with Crippen LogP contribution in [-0.2, 0) is 4.79 Å². The molecule has 0 bridgehead atoms. The predicted octanol–water partition coefficient (Wildman–Crippen LogP) is -2.71. The Kier molecular flexibility index (Phi) is 3.89. The van der Waals surface area contributed by atoms with E-state index in [1.165, 1.54) is 0 Å². The molecule has 0 rings (SSSR count). The lowest BCUT2D eigenvalue weighted by molar-refractivity contribution is -0.145. The van der Waals surface area contributed by atoms with Crippen molar-refractivity contribution in [3.8, 4) is 0 Å². The highest BCUT2D eigenvalue weighted by molar-refractivity contribution is 5.69. The second-order valence-electron chi connectivity index (χ2n) is 1.63. The molecule has 0 aromatic carbocycles. The van der Waals surface area contributed by atoms with Gasteiger partial charge in [0.1, 0.15) is 0 Å². The largest absolute Gasteiger partial charge is 0.480 e. The van der Waals surface area contributed by atoms with Crippen molar-refractivity contribution in [3.63, 3.8) is 0 Å². The zero-order valence-electron chi connectivity index (χ0n) is 5.06. The highest BCUT2D eigenvalue weighted by Gasteiger charge is 2.11. The van der Waals surface area contributed by atoms with Crippen LogP contribution in [0.5, 0.6) is 0 Å². The molecule has 5 N–H and O–H groups in total. The minimum Gasteiger partial charge on any atom is -0.480 e. The summed E-state index contributed by atoms with van der Waals surface area (Å²) < 4.78 is 0. The zero-order chi connectivity index (χ0) is 8.15. The summed E-state index contributed by atoms with van der Waals surface area (Å²) in [5, 5.41) is 34.8. The maximum absolute atomic E-state index is 9.79. The molecule has 0 aromatic rings. The fraction of sp³-hybridized carbons (Fsp3) is 0.750. The quantitative estimate of drug-likeness (QED) is 0.279. The molecule has 0 spiro atoms. The third-order valence-corrected chi connectivity index (χ3v) is 0.745. The minimum atomic E-state index is -1.96. The third kappa shape index (κ3) is 4.21. The van der Waals surface area contributed by atoms with Crippen molar-refractivity contribution >= 4 is 5.97 Å². The minimum absolute atomic E-state index is 0.515. The van der Waals surface area contributed by atoms with Crippen molar-refractivity contribution < 1.29 is 25.2 Å². The van der Waals surface area contributed by atoms with Gasteiger partial charge in [0.25, 0.3) is 0 Å². The molecule has 0 heterocycles. The van der Waals surface area contributed by atoms with Crippen LogP contribution >= 0.6 is 0 Å². The lowest BCUT2D eigenvalue weighted by atomic mass is 10.5. The van der Waals surface area contributed by atoms with Gasteiger partial charge in [0, 0.05) is 0 Å². The van der Waals surface area contributed by atoms with Crippen molar-refractivity contribution in [2.75, 3.05) is 6.54 Å². The van der Waals surface area contributed by atoms with Crippen molar-refractivity contribution in [2.45, 2.75) is 12.5 Å². The second-order valence-corrected chi connectivity index (χ2v) is 1.63. The predicted molar refractivity (Wildman–Crippen MR) is 29.9 cm³/mol. The molecule has 0 saturated heterocycles. The molecule has 0 amide bonds. The molecule has 0 saturated carbocycles. The fourth-order valence-corrected chi connectivity index (χ4v) is 0.297. The van der Waals surface area contributed by atoms with Crippen molar-refractivity contribution in [3.05, 3.63) is 0 Å². The second kappa shape index (κ2) is 4.18. The van der Waals surface area contributed by atoms with Crippen molar-refractivity contribution in [1.82, 2.24) is 5.32 Å². The van der Waals surface area contributed by atoms with Crippen LogP contribution in [0.15, 0.2) is 0 Å². The van der Waals surface area contributed by atoms with Crippen LogP contribution in [0.3, 0.4) is 0 Å². The highest BCUT2D eigenvalue weighted by Crippen LogP contribution is 1.81. The highest BCUT2D eigenvalue weighted by atomic mass is 16.5. The van der Waals surface area contributed by atoms with E-state index in [-0.39, 0.29) is 0 Å². The summed E-state index contributed by atoms with van der Waals surface area (Å²) in [4.78, 5) is 9.79. The topological polar surface area (TPSA) is 110 Å². The van der Waals surface area contributed by atoms with E-state index in [4.69, 9.17) is 20.4 Å². The Morgan fingerprint density at radius 3 is 2.20 bits per heavy atom. The summed E-state index contributed by atoms with van der Waals surface area (Å²) >= 11 is 0. The van der Waals surface area contributed by atoms with Crippen LogP contribution in [0.2, 0.25) is 0 Å². The molecule has 0 aliphatic rings. The van der Waals surface area contributed by atoms with Crippen molar-refractivity contribution in [1.29, 1.82) is 0 Å². The van der Waals surface area contributed by atoms with Crippen LogP contribution in [0.1, 0.15) is 0 Å². The van der Waals surface area contributed by atoms with E-state index < -0.39 is 25.0 Å². The molecular weight excluding hydrogens is 142 g/mol. The molecule has 0 aliphatic heterocycles. The van der Waals surface area contributed by atoms with Gasteiger partial charge in [0.05, 0.1) is 6.54 Å². The van der Waals surface area contributed by atoms with Gasteiger partial charge < -0.3 is 20.4 Å². The lowest BCUT2D eigenvalue weighted by Gasteiger charge is -2.11. The molecule has 6 nitrogen and oxygen atoms in total. The smallest absolute Gasteiger partial charge is 0.317 e. The molecular formula is C4H9NO5. The number of rotatable bonds is 4. The summed E-state index contributed by atoms with van der Waals surface area (Å²) in [5.41, 5.74) is 0. The van der Waals surface area contributed by atoms with Gasteiger partial charge >= 0.3 is 5.97 Å². The standard InChI is InChI=1S/C4H9NO5/c6-2(7)1-5-3(8)4(9)10/h3-5,8-10H,1H2,(H,6,7). The van der Waals surface area contributed by atoms with E-state index in [1.807, 2.05) is 5.32 Å². The monoisotopic (exact) mass is 151 g/mol. The lowest BCUT2D eigenvalue weighted by Crippen LogP contribution is -2.41. The third-order valence-electron chi connectivity index (χ3n) is 0.745. The first-order valence-corrected chi connectivity index (χ1v) is 2.53. The molecule has 0 aliphatic carbocycles. The van der Waals surface area contributed by atoms with Crippen molar-refractivity contribution in [2.24, 2.45) is 0 Å². The SMILES string of the molecule is O=C(O)CNC(O)C(O)O. The summed E-state index contributed by atoms with van der Waals surface area (Å²) in [7, 11) is 0. The van der Waals surface area contributed by atoms with Gasteiger partial charge in [-0.05, 0) is 0 Å². The molecule has 1 unspecified atom stereocenters. The van der Waals surface area contributed by atoms with Crippen LogP contribution in [-0.4, -0.2) is 45.5 Å². The van der Waals surface area contributed by atoms with Gasteiger partial charge in [0.2, 0.25) is 0 Å². The van der Waals surface area contributed by atoms with Gasteiger partial charge in [-0.15, -0.1) is 0 Å². The molecule has 0 aromatic heterocycles. The average Bonchev–Trinajstić information content (AvgIpc) is 1.82. The van der Waals surface area contributed by atoms with E-state index >= 15 is 0 Å². The number of aliphatic hydroxyl groups excluding tert-OH is 2. The van der Waals surface area contributed by atoms with E-state index in [0.717, 1.165) is 0 Å². The van der Waals surface area contributed by atoms with Gasteiger partial charge in [-0.2, -0.15) is 0 Å². The first-order valence-electron chi connectivity index (χ1n) is 2.53. The Labute approximate surface area is 56.7 Å². The number of aliphatic hydroxyl groups is 3. The zero-order valence-corrected chi connectivity index (χ0v) is 5.06. The van der Waals surface area contributed by atoms with E-state index in [0.29, 0.717) is 0 Å². The van der Waals surface area contributed by atoms with Crippen LogP contribution in [0, 0.1) is 0 Å². The van der Waals surface area contributed by atoms with E-state index in [2.05, 4.69) is 0 Å². The Morgan fingerprint density at radius 2 is 1.90 bits per heavy atom. The first kappa shape index (κ1) is 9.31. The Bertz CT molecular complexity index is 114. The first-order chi connectivity index (χ1) is 4.54. The van der Waals surface area contributed by atoms with Crippen LogP contribution in [0.4, 0.5) is 0 Å². The number of nitrogens with one attached hydrogen (secondary N) is 1. The molecule has 1 atom stereocenters. The fourth-order valence-electron chi connectivity index (χ4n) is 0.297. The maximum Gasteiger partial charge on any atom is 0.317 e. The molecule has 0 radical (unpaired) electrons. The molecule has 60 valence electrons. The summed E-state index contributed by atoms with van der Waals surface area (Å²) in [5.74, 6) is -1.18. The number of aliphatic carboxylic acids is 1. The Hall–Kier alpha value is -0.690. The maximum atomic E-state index is 9.79. The average molecular weight is 151 g/mol. The van der Waals surface area contributed by atoms with Crippen LogP contribution < -0.4 is 5.32 Å². The summed E-state index contributed by atoms with van der Waals surface area (Å²) in [6, 6.07) is 0. The van der Waals surface area contributed by atoms with Gasteiger partial charge in [-0.3, -0.25) is 10.1 Å². The molecule has 0 fully saturated rings. The van der Waals surface area contributed by atoms with Gasteiger partial charge in [0.15, 0.2) is 12.5 Å². The summed E-state index contributed by atoms with van der Waals surface area (Å²) in [6.07, 6.45) is -3.57.